The van der Waals surface area contributed by atoms with Crippen molar-refractivity contribution in [3.63, 3.8) is 0 Å². The summed E-state index contributed by atoms with van der Waals surface area (Å²) in [5, 5.41) is 2.76. The molecule has 0 fully saturated rings. The number of halogens is 5. The summed E-state index contributed by atoms with van der Waals surface area (Å²) < 4.78 is 51.2. The minimum atomic E-state index is -4.41. The summed E-state index contributed by atoms with van der Waals surface area (Å²) in [5.41, 5.74) is -0.171. The first-order valence-corrected chi connectivity index (χ1v) is 7.45. The fourth-order valence-electron chi connectivity index (χ4n) is 2.20. The third-order valence-electron chi connectivity index (χ3n) is 3.51. The number of carbonyl (C=O) groups excluding carboxylic acids is 1. The average molecular weight is 360 g/mol. The lowest BCUT2D eigenvalue weighted by Crippen LogP contribution is -2.28. The summed E-state index contributed by atoms with van der Waals surface area (Å²) in [4.78, 5) is 12.0. The van der Waals surface area contributed by atoms with Gasteiger partial charge in [0.2, 0.25) is 5.91 Å². The van der Waals surface area contributed by atoms with Crippen LogP contribution in [0.2, 0.25) is 5.02 Å². The first-order chi connectivity index (χ1) is 11.2. The van der Waals surface area contributed by atoms with Crippen molar-refractivity contribution in [3.8, 4) is 0 Å². The Kier molecular flexibility index (Phi) is 5.49. The molecular formula is C17H14ClF4NO. The summed E-state index contributed by atoms with van der Waals surface area (Å²) in [7, 11) is 0. The van der Waals surface area contributed by atoms with Crippen molar-refractivity contribution in [3.05, 3.63) is 70.0 Å². The largest absolute Gasteiger partial charge is 0.416 e. The highest BCUT2D eigenvalue weighted by atomic mass is 35.5. The molecule has 0 radical (unpaired) electrons. The Morgan fingerprint density at radius 1 is 1.17 bits per heavy atom. The molecule has 1 amide bonds. The van der Waals surface area contributed by atoms with E-state index < -0.39 is 29.5 Å². The molecule has 24 heavy (non-hydrogen) atoms. The highest BCUT2D eigenvalue weighted by Crippen LogP contribution is 2.30. The highest BCUT2D eigenvalue weighted by molar-refractivity contribution is 6.31. The van der Waals surface area contributed by atoms with Crippen molar-refractivity contribution < 1.29 is 22.4 Å². The lowest BCUT2D eigenvalue weighted by Gasteiger charge is -2.16. The Labute approximate surface area is 141 Å². The highest BCUT2D eigenvalue weighted by Gasteiger charge is 2.30. The predicted molar refractivity (Wildman–Crippen MR) is 83.1 cm³/mol. The Morgan fingerprint density at radius 3 is 2.33 bits per heavy atom. The maximum Gasteiger partial charge on any atom is 0.416 e. The SMILES string of the molecule is C[C@@H](NC(=O)Cc1c(F)cccc1Cl)c1ccc(C(F)(F)F)cc1. The molecule has 0 saturated carbocycles. The van der Waals surface area contributed by atoms with Crippen LogP contribution in [0.15, 0.2) is 42.5 Å². The molecule has 0 unspecified atom stereocenters. The van der Waals surface area contributed by atoms with E-state index in [0.717, 1.165) is 12.1 Å². The standard InChI is InChI=1S/C17H14ClF4NO/c1-10(11-5-7-12(8-6-11)17(20,21)22)23-16(24)9-13-14(18)3-2-4-15(13)19/h2-8,10H,9H2,1H3,(H,23,24)/t10-/m1/s1. The number of alkyl halides is 3. The normalized spacial score (nSPS) is 12.8. The average Bonchev–Trinajstić information content (AvgIpc) is 2.50. The van der Waals surface area contributed by atoms with Crippen molar-refractivity contribution >= 4 is 17.5 Å². The third kappa shape index (κ3) is 4.47. The van der Waals surface area contributed by atoms with Gasteiger partial charge in [0.25, 0.3) is 0 Å². The van der Waals surface area contributed by atoms with Crippen LogP contribution in [0.1, 0.15) is 29.7 Å². The van der Waals surface area contributed by atoms with E-state index in [1.54, 1.807) is 6.92 Å². The van der Waals surface area contributed by atoms with E-state index >= 15 is 0 Å². The molecule has 0 saturated heterocycles. The van der Waals surface area contributed by atoms with Gasteiger partial charge in [0, 0.05) is 10.6 Å². The fourth-order valence-corrected chi connectivity index (χ4v) is 2.43. The van der Waals surface area contributed by atoms with E-state index in [-0.39, 0.29) is 17.0 Å². The zero-order chi connectivity index (χ0) is 17.9. The van der Waals surface area contributed by atoms with Crippen molar-refractivity contribution in [1.82, 2.24) is 5.32 Å². The van der Waals surface area contributed by atoms with Crippen LogP contribution in [-0.4, -0.2) is 5.91 Å². The van der Waals surface area contributed by atoms with Crippen LogP contribution in [-0.2, 0) is 17.4 Å². The maximum absolute atomic E-state index is 13.7. The van der Waals surface area contributed by atoms with Gasteiger partial charge in [0.1, 0.15) is 5.82 Å². The molecule has 0 heterocycles. The molecular weight excluding hydrogens is 346 g/mol. The van der Waals surface area contributed by atoms with Crippen LogP contribution in [0, 0.1) is 5.82 Å². The van der Waals surface area contributed by atoms with E-state index in [1.165, 1.54) is 30.3 Å². The van der Waals surface area contributed by atoms with Crippen LogP contribution >= 0.6 is 11.6 Å². The number of hydrogen-bond acceptors (Lipinski definition) is 1. The molecule has 2 aromatic carbocycles. The third-order valence-corrected chi connectivity index (χ3v) is 3.87. The van der Waals surface area contributed by atoms with Crippen LogP contribution in [0.5, 0.6) is 0 Å². The molecule has 1 atom stereocenters. The Bertz CT molecular complexity index is 708. The van der Waals surface area contributed by atoms with E-state index in [2.05, 4.69) is 5.32 Å². The molecule has 0 aliphatic heterocycles. The second-order valence-corrected chi connectivity index (χ2v) is 5.69. The van der Waals surface area contributed by atoms with Gasteiger partial charge in [-0.1, -0.05) is 29.8 Å². The van der Waals surface area contributed by atoms with Gasteiger partial charge in [-0.2, -0.15) is 13.2 Å². The van der Waals surface area contributed by atoms with Gasteiger partial charge in [0.15, 0.2) is 0 Å². The van der Waals surface area contributed by atoms with Gasteiger partial charge < -0.3 is 5.32 Å². The molecule has 0 aliphatic rings. The van der Waals surface area contributed by atoms with Gasteiger partial charge in [-0.15, -0.1) is 0 Å². The molecule has 128 valence electrons. The minimum absolute atomic E-state index is 0.0799. The van der Waals surface area contributed by atoms with Gasteiger partial charge in [0.05, 0.1) is 18.0 Å². The van der Waals surface area contributed by atoms with E-state index in [9.17, 15) is 22.4 Å². The smallest absolute Gasteiger partial charge is 0.349 e. The number of nitrogens with one attached hydrogen (secondary N) is 1. The predicted octanol–water partition coefficient (Wildman–Crippen LogP) is 4.92. The first-order valence-electron chi connectivity index (χ1n) is 7.08. The summed E-state index contributed by atoms with van der Waals surface area (Å²) in [6, 6.07) is 8.08. The topological polar surface area (TPSA) is 29.1 Å². The van der Waals surface area contributed by atoms with E-state index in [4.69, 9.17) is 11.6 Å². The molecule has 0 spiro atoms. The van der Waals surface area contributed by atoms with Crippen LogP contribution < -0.4 is 5.32 Å². The molecule has 2 rings (SSSR count). The molecule has 0 aromatic heterocycles. The second kappa shape index (κ2) is 7.21. The Balaban J connectivity index is 2.04. The molecule has 7 heteroatoms. The number of carbonyl (C=O) groups is 1. The molecule has 2 aromatic rings. The fraction of sp³-hybridized carbons (Fsp3) is 0.235. The van der Waals surface area contributed by atoms with Crippen molar-refractivity contribution in [2.75, 3.05) is 0 Å². The zero-order valence-electron chi connectivity index (χ0n) is 12.6. The summed E-state index contributed by atoms with van der Waals surface area (Å²) in [6.45, 7) is 1.63. The van der Waals surface area contributed by atoms with E-state index in [0.29, 0.717) is 5.56 Å². The summed E-state index contributed by atoms with van der Waals surface area (Å²) in [6.07, 6.45) is -4.66. The van der Waals surface area contributed by atoms with Gasteiger partial charge in [-0.05, 0) is 36.8 Å². The second-order valence-electron chi connectivity index (χ2n) is 5.29. The number of rotatable bonds is 4. The Morgan fingerprint density at radius 2 is 1.79 bits per heavy atom. The first kappa shape index (κ1) is 18.3. The summed E-state index contributed by atoms with van der Waals surface area (Å²) in [5.74, 6) is -1.06. The number of hydrogen-bond donors (Lipinski definition) is 1. The van der Waals surface area contributed by atoms with Crippen LogP contribution in [0.25, 0.3) is 0 Å². The maximum atomic E-state index is 13.7. The molecule has 1 N–H and O–H groups in total. The molecule has 2 nitrogen and oxygen atoms in total. The van der Waals surface area contributed by atoms with Gasteiger partial charge >= 0.3 is 6.18 Å². The van der Waals surface area contributed by atoms with Crippen LogP contribution in [0.4, 0.5) is 17.6 Å². The number of benzene rings is 2. The van der Waals surface area contributed by atoms with Crippen LogP contribution in [0.3, 0.4) is 0 Å². The van der Waals surface area contributed by atoms with E-state index in [1.807, 2.05) is 0 Å². The summed E-state index contributed by atoms with van der Waals surface area (Å²) >= 11 is 5.86. The van der Waals surface area contributed by atoms with Gasteiger partial charge in [-0.3, -0.25) is 4.79 Å². The minimum Gasteiger partial charge on any atom is -0.349 e. The quantitative estimate of drug-likeness (QED) is 0.771. The van der Waals surface area contributed by atoms with Crippen molar-refractivity contribution in [2.45, 2.75) is 25.6 Å². The van der Waals surface area contributed by atoms with Crippen molar-refractivity contribution in [2.24, 2.45) is 0 Å². The monoisotopic (exact) mass is 359 g/mol. The van der Waals surface area contributed by atoms with Gasteiger partial charge in [-0.25, -0.2) is 4.39 Å². The zero-order valence-corrected chi connectivity index (χ0v) is 13.4. The van der Waals surface area contributed by atoms with Crippen molar-refractivity contribution in [1.29, 1.82) is 0 Å². The Hall–Kier alpha value is -2.08. The number of amides is 1. The molecule has 0 bridgehead atoms. The lowest BCUT2D eigenvalue weighted by molar-refractivity contribution is -0.137. The lowest BCUT2D eigenvalue weighted by atomic mass is 10.0. The molecule has 0 aliphatic carbocycles.